The molecule has 0 spiro atoms. The van der Waals surface area contributed by atoms with Gasteiger partial charge in [0.25, 0.3) is 0 Å². The Bertz CT molecular complexity index is 655. The summed E-state index contributed by atoms with van der Waals surface area (Å²) in [6, 6.07) is 4.00. The van der Waals surface area contributed by atoms with E-state index in [1.54, 1.807) is 6.20 Å². The molecule has 5 heteroatoms. The number of allylic oxidation sites excluding steroid dienone is 1. The van der Waals surface area contributed by atoms with Gasteiger partial charge in [-0.25, -0.2) is 0 Å². The first-order valence-electron chi connectivity index (χ1n) is 8.39. The number of dihydropyridines is 1. The Balaban J connectivity index is 1.43. The SMILES string of the molecule is O=C(NC1CCOc2cccnc21)C1CCC2C=CC=NC2C1. The average Bonchev–Trinajstić information content (AvgIpc) is 2.61. The molecular weight excluding hydrogens is 290 g/mol. The van der Waals surface area contributed by atoms with Crippen molar-refractivity contribution in [2.45, 2.75) is 37.8 Å². The van der Waals surface area contributed by atoms with E-state index >= 15 is 0 Å². The van der Waals surface area contributed by atoms with Gasteiger partial charge in [-0.2, -0.15) is 0 Å². The molecule has 1 amide bonds. The van der Waals surface area contributed by atoms with Crippen LogP contribution in [0.3, 0.4) is 0 Å². The Morgan fingerprint density at radius 2 is 2.26 bits per heavy atom. The van der Waals surface area contributed by atoms with Crippen molar-refractivity contribution in [3.8, 4) is 5.75 Å². The zero-order valence-electron chi connectivity index (χ0n) is 13.0. The van der Waals surface area contributed by atoms with Gasteiger partial charge in [0.15, 0.2) is 0 Å². The zero-order valence-corrected chi connectivity index (χ0v) is 13.0. The Kier molecular flexibility index (Phi) is 3.85. The van der Waals surface area contributed by atoms with Crippen LogP contribution >= 0.6 is 0 Å². The van der Waals surface area contributed by atoms with Gasteiger partial charge in [0.1, 0.15) is 11.4 Å². The first-order valence-corrected chi connectivity index (χ1v) is 8.39. The lowest BCUT2D eigenvalue weighted by atomic mass is 9.77. The van der Waals surface area contributed by atoms with E-state index < -0.39 is 0 Å². The topological polar surface area (TPSA) is 63.6 Å². The van der Waals surface area contributed by atoms with E-state index in [1.165, 1.54) is 0 Å². The maximum absolute atomic E-state index is 12.7. The number of nitrogens with one attached hydrogen (secondary N) is 1. The normalized spacial score (nSPS) is 31.7. The summed E-state index contributed by atoms with van der Waals surface area (Å²) in [7, 11) is 0. The van der Waals surface area contributed by atoms with Crippen molar-refractivity contribution in [3.05, 3.63) is 36.2 Å². The number of ether oxygens (including phenoxy) is 1. The number of carbonyl (C=O) groups excluding carboxylic acids is 1. The maximum atomic E-state index is 12.7. The summed E-state index contributed by atoms with van der Waals surface area (Å²) >= 11 is 0. The van der Waals surface area contributed by atoms with Crippen LogP contribution in [0.2, 0.25) is 0 Å². The number of carbonyl (C=O) groups is 1. The fraction of sp³-hybridized carbons (Fsp3) is 0.500. The van der Waals surface area contributed by atoms with Crippen LogP contribution in [-0.2, 0) is 4.79 Å². The molecule has 5 nitrogen and oxygen atoms in total. The second kappa shape index (κ2) is 6.14. The molecule has 2 aliphatic heterocycles. The minimum Gasteiger partial charge on any atom is -0.491 e. The average molecular weight is 311 g/mol. The number of amides is 1. The number of rotatable bonds is 2. The van der Waals surface area contributed by atoms with Gasteiger partial charge < -0.3 is 10.1 Å². The third-order valence-electron chi connectivity index (χ3n) is 5.07. The molecule has 120 valence electrons. The van der Waals surface area contributed by atoms with Gasteiger partial charge in [-0.3, -0.25) is 14.8 Å². The molecule has 0 saturated heterocycles. The lowest BCUT2D eigenvalue weighted by molar-refractivity contribution is -0.127. The van der Waals surface area contributed by atoms with E-state index in [2.05, 4.69) is 21.4 Å². The molecule has 23 heavy (non-hydrogen) atoms. The fourth-order valence-corrected chi connectivity index (χ4v) is 3.80. The molecule has 1 aromatic rings. The molecule has 0 aromatic carbocycles. The largest absolute Gasteiger partial charge is 0.491 e. The molecule has 1 aromatic heterocycles. The van der Waals surface area contributed by atoms with E-state index in [0.717, 1.165) is 37.1 Å². The quantitative estimate of drug-likeness (QED) is 0.912. The van der Waals surface area contributed by atoms with Crippen LogP contribution in [0.25, 0.3) is 0 Å². The van der Waals surface area contributed by atoms with E-state index in [0.29, 0.717) is 12.5 Å². The molecule has 3 aliphatic rings. The second-order valence-electron chi connectivity index (χ2n) is 6.51. The summed E-state index contributed by atoms with van der Waals surface area (Å²) in [5.74, 6) is 1.48. The number of hydrogen-bond acceptors (Lipinski definition) is 4. The van der Waals surface area contributed by atoms with Gasteiger partial charge in [0, 0.05) is 24.8 Å². The van der Waals surface area contributed by atoms with E-state index in [9.17, 15) is 4.79 Å². The molecule has 1 N–H and O–H groups in total. The van der Waals surface area contributed by atoms with Crippen molar-refractivity contribution in [1.82, 2.24) is 10.3 Å². The van der Waals surface area contributed by atoms with Crippen LogP contribution in [0.4, 0.5) is 0 Å². The summed E-state index contributed by atoms with van der Waals surface area (Å²) in [6.45, 7) is 0.619. The molecule has 3 heterocycles. The smallest absolute Gasteiger partial charge is 0.223 e. The maximum Gasteiger partial charge on any atom is 0.223 e. The van der Waals surface area contributed by atoms with Crippen LogP contribution in [0.5, 0.6) is 5.75 Å². The molecular formula is C18H21N3O2. The number of fused-ring (bicyclic) bond motifs is 2. The van der Waals surface area contributed by atoms with Crippen molar-refractivity contribution in [1.29, 1.82) is 0 Å². The summed E-state index contributed by atoms with van der Waals surface area (Å²) in [4.78, 5) is 21.6. The zero-order chi connectivity index (χ0) is 15.6. The highest BCUT2D eigenvalue weighted by Gasteiger charge is 2.34. The second-order valence-corrected chi connectivity index (χ2v) is 6.51. The standard InChI is InChI=1S/C18H21N3O2/c22-18(13-6-5-12-3-1-8-19-15(12)11-13)21-14-7-10-23-16-4-2-9-20-17(14)16/h1-4,8-9,12-15H,5-7,10-11H2,(H,21,22). The third kappa shape index (κ3) is 2.87. The minimum atomic E-state index is -0.0417. The Morgan fingerprint density at radius 1 is 1.30 bits per heavy atom. The number of aliphatic imine (C=N–C) groups is 1. The molecule has 4 unspecified atom stereocenters. The number of pyridine rings is 1. The molecule has 0 bridgehead atoms. The van der Waals surface area contributed by atoms with Crippen LogP contribution < -0.4 is 10.1 Å². The highest BCUT2D eigenvalue weighted by molar-refractivity contribution is 5.79. The predicted molar refractivity (Wildman–Crippen MR) is 87.5 cm³/mol. The summed E-state index contributed by atoms with van der Waals surface area (Å²) in [5.41, 5.74) is 0.847. The molecule has 1 aliphatic carbocycles. The number of nitrogens with zero attached hydrogens (tertiary/aromatic N) is 2. The van der Waals surface area contributed by atoms with Crippen molar-refractivity contribution in [2.75, 3.05) is 6.61 Å². The van der Waals surface area contributed by atoms with Gasteiger partial charge >= 0.3 is 0 Å². The summed E-state index contributed by atoms with van der Waals surface area (Å²) in [5, 5.41) is 3.19. The molecule has 4 atom stereocenters. The highest BCUT2D eigenvalue weighted by atomic mass is 16.5. The van der Waals surface area contributed by atoms with E-state index in [-0.39, 0.29) is 23.9 Å². The van der Waals surface area contributed by atoms with E-state index in [4.69, 9.17) is 4.74 Å². The number of aromatic nitrogens is 1. The first-order chi connectivity index (χ1) is 11.3. The van der Waals surface area contributed by atoms with Crippen LogP contribution in [0.15, 0.2) is 35.5 Å². The third-order valence-corrected chi connectivity index (χ3v) is 5.07. The molecule has 1 saturated carbocycles. The van der Waals surface area contributed by atoms with Crippen molar-refractivity contribution >= 4 is 12.1 Å². The van der Waals surface area contributed by atoms with Gasteiger partial charge in [-0.15, -0.1) is 0 Å². The van der Waals surface area contributed by atoms with Gasteiger partial charge in [0.05, 0.1) is 18.7 Å². The van der Waals surface area contributed by atoms with Gasteiger partial charge in [0.2, 0.25) is 5.91 Å². The van der Waals surface area contributed by atoms with Crippen LogP contribution in [0, 0.1) is 11.8 Å². The predicted octanol–water partition coefficient (Wildman–Crippen LogP) is 2.45. The lowest BCUT2D eigenvalue weighted by Gasteiger charge is -2.34. The van der Waals surface area contributed by atoms with E-state index in [1.807, 2.05) is 24.4 Å². The molecule has 4 rings (SSSR count). The van der Waals surface area contributed by atoms with Gasteiger partial charge in [-0.05, 0) is 43.4 Å². The monoisotopic (exact) mass is 311 g/mol. The number of hydrogen-bond donors (Lipinski definition) is 1. The minimum absolute atomic E-state index is 0.0417. The van der Waals surface area contributed by atoms with Crippen LogP contribution in [-0.4, -0.2) is 29.8 Å². The van der Waals surface area contributed by atoms with Crippen LogP contribution in [0.1, 0.15) is 37.4 Å². The molecule has 0 radical (unpaired) electrons. The Morgan fingerprint density at radius 3 is 3.22 bits per heavy atom. The Hall–Kier alpha value is -2.17. The molecule has 1 fully saturated rings. The first kappa shape index (κ1) is 14.4. The summed E-state index contributed by atoms with van der Waals surface area (Å²) in [6.07, 6.45) is 11.5. The van der Waals surface area contributed by atoms with Gasteiger partial charge in [-0.1, -0.05) is 6.08 Å². The van der Waals surface area contributed by atoms with Crippen molar-refractivity contribution < 1.29 is 9.53 Å². The van der Waals surface area contributed by atoms with Crippen molar-refractivity contribution in [3.63, 3.8) is 0 Å². The Labute approximate surface area is 135 Å². The highest BCUT2D eigenvalue weighted by Crippen LogP contribution is 2.35. The lowest BCUT2D eigenvalue weighted by Crippen LogP contribution is -2.40. The van der Waals surface area contributed by atoms with Crippen molar-refractivity contribution in [2.24, 2.45) is 16.8 Å². The summed E-state index contributed by atoms with van der Waals surface area (Å²) < 4.78 is 5.61. The fourth-order valence-electron chi connectivity index (χ4n) is 3.80.